The topological polar surface area (TPSA) is 50.9 Å². The van der Waals surface area contributed by atoms with Crippen LogP contribution in [-0.2, 0) is 6.42 Å². The Morgan fingerprint density at radius 3 is 3.07 bits per heavy atom. The van der Waals surface area contributed by atoms with Crippen LogP contribution in [-0.4, -0.2) is 17.6 Å². The number of anilines is 1. The van der Waals surface area contributed by atoms with Crippen LogP contribution in [0.1, 0.15) is 31.9 Å². The molecular formula is C11H19N3S. The molecule has 3 N–H and O–H groups in total. The molecule has 0 aromatic carbocycles. The Hall–Kier alpha value is -0.610. The fraction of sp³-hybridized carbons (Fsp3) is 0.727. The van der Waals surface area contributed by atoms with Crippen LogP contribution in [0, 0.1) is 5.92 Å². The van der Waals surface area contributed by atoms with Crippen LogP contribution in [0.25, 0.3) is 0 Å². The molecule has 1 fully saturated rings. The third-order valence-corrected chi connectivity index (χ3v) is 3.80. The summed E-state index contributed by atoms with van der Waals surface area (Å²) in [4.78, 5) is 4.25. The molecule has 0 saturated heterocycles. The monoisotopic (exact) mass is 225 g/mol. The summed E-state index contributed by atoms with van der Waals surface area (Å²) in [5.74, 6) is 0.900. The predicted octanol–water partition coefficient (Wildman–Crippen LogP) is 2.05. The van der Waals surface area contributed by atoms with Gasteiger partial charge in [0.15, 0.2) is 5.13 Å². The fourth-order valence-corrected chi connectivity index (χ4v) is 2.83. The van der Waals surface area contributed by atoms with Crippen molar-refractivity contribution in [2.75, 3.05) is 12.3 Å². The van der Waals surface area contributed by atoms with Gasteiger partial charge in [-0.15, -0.1) is 11.3 Å². The molecule has 0 amide bonds. The van der Waals surface area contributed by atoms with Gasteiger partial charge in [0.25, 0.3) is 0 Å². The van der Waals surface area contributed by atoms with Gasteiger partial charge in [0, 0.05) is 24.4 Å². The highest BCUT2D eigenvalue weighted by atomic mass is 32.1. The smallest absolute Gasteiger partial charge is 0.180 e. The van der Waals surface area contributed by atoms with Crippen molar-refractivity contribution in [3.63, 3.8) is 0 Å². The van der Waals surface area contributed by atoms with Gasteiger partial charge < -0.3 is 11.1 Å². The fourth-order valence-electron chi connectivity index (χ4n) is 2.23. The van der Waals surface area contributed by atoms with Crippen molar-refractivity contribution < 1.29 is 0 Å². The van der Waals surface area contributed by atoms with E-state index in [0.717, 1.165) is 30.6 Å². The lowest BCUT2D eigenvalue weighted by Crippen LogP contribution is -2.28. The van der Waals surface area contributed by atoms with Gasteiger partial charge in [0.05, 0.1) is 5.69 Å². The third-order valence-electron chi connectivity index (χ3n) is 3.08. The second kappa shape index (κ2) is 4.94. The minimum absolute atomic E-state index is 0.680. The predicted molar refractivity (Wildman–Crippen MR) is 65.0 cm³/mol. The van der Waals surface area contributed by atoms with Gasteiger partial charge in [-0.1, -0.05) is 6.92 Å². The zero-order valence-electron chi connectivity index (χ0n) is 9.20. The molecule has 0 aliphatic heterocycles. The molecule has 1 aromatic rings. The van der Waals surface area contributed by atoms with E-state index in [-0.39, 0.29) is 0 Å². The first kappa shape index (κ1) is 10.9. The Morgan fingerprint density at radius 1 is 1.60 bits per heavy atom. The van der Waals surface area contributed by atoms with Crippen LogP contribution in [0.2, 0.25) is 0 Å². The zero-order chi connectivity index (χ0) is 10.7. The summed E-state index contributed by atoms with van der Waals surface area (Å²) in [7, 11) is 0. The van der Waals surface area contributed by atoms with Crippen LogP contribution in [0.5, 0.6) is 0 Å². The Balaban J connectivity index is 1.67. The zero-order valence-corrected chi connectivity index (χ0v) is 10.0. The summed E-state index contributed by atoms with van der Waals surface area (Å²) in [6.45, 7) is 3.36. The van der Waals surface area contributed by atoms with E-state index in [1.54, 1.807) is 0 Å². The van der Waals surface area contributed by atoms with Crippen LogP contribution < -0.4 is 11.1 Å². The molecule has 15 heavy (non-hydrogen) atoms. The standard InChI is InChI=1S/C11H19N3S/c1-8-2-3-9(6-8)13-5-4-10-7-15-11(12)14-10/h7-9,13H,2-6H2,1H3,(H2,12,14). The lowest BCUT2D eigenvalue weighted by Gasteiger charge is -2.11. The van der Waals surface area contributed by atoms with E-state index < -0.39 is 0 Å². The second-order valence-corrected chi connectivity index (χ2v) is 5.39. The Bertz CT molecular complexity index is 311. The maximum absolute atomic E-state index is 5.58. The highest BCUT2D eigenvalue weighted by Crippen LogP contribution is 2.24. The summed E-state index contributed by atoms with van der Waals surface area (Å²) < 4.78 is 0. The maximum Gasteiger partial charge on any atom is 0.180 e. The van der Waals surface area contributed by atoms with Crippen molar-refractivity contribution in [2.45, 2.75) is 38.6 Å². The number of rotatable bonds is 4. The summed E-state index contributed by atoms with van der Waals surface area (Å²) in [6.07, 6.45) is 5.04. The Morgan fingerprint density at radius 2 is 2.47 bits per heavy atom. The van der Waals surface area contributed by atoms with Gasteiger partial charge in [-0.3, -0.25) is 0 Å². The molecule has 1 aliphatic carbocycles. The molecule has 0 radical (unpaired) electrons. The minimum atomic E-state index is 0.680. The molecule has 0 spiro atoms. The third kappa shape index (κ3) is 3.18. The largest absolute Gasteiger partial charge is 0.375 e. The van der Waals surface area contributed by atoms with Gasteiger partial charge in [0.2, 0.25) is 0 Å². The molecule has 84 valence electrons. The number of aromatic nitrogens is 1. The molecule has 2 atom stereocenters. The first-order valence-electron chi connectivity index (χ1n) is 5.67. The molecule has 1 saturated carbocycles. The number of nitrogens with zero attached hydrogens (tertiary/aromatic N) is 1. The molecule has 3 nitrogen and oxygen atoms in total. The average Bonchev–Trinajstić information content (AvgIpc) is 2.76. The van der Waals surface area contributed by atoms with Crippen LogP contribution in [0.4, 0.5) is 5.13 Å². The number of nitrogen functional groups attached to an aromatic ring is 1. The van der Waals surface area contributed by atoms with Crippen molar-refractivity contribution in [3.05, 3.63) is 11.1 Å². The van der Waals surface area contributed by atoms with Crippen molar-refractivity contribution >= 4 is 16.5 Å². The Labute approximate surface area is 95.1 Å². The molecule has 2 unspecified atom stereocenters. The van der Waals surface area contributed by atoms with Gasteiger partial charge in [-0.05, 0) is 25.2 Å². The van der Waals surface area contributed by atoms with Gasteiger partial charge in [0.1, 0.15) is 0 Å². The highest BCUT2D eigenvalue weighted by Gasteiger charge is 2.20. The van der Waals surface area contributed by atoms with E-state index in [1.165, 1.54) is 30.6 Å². The lowest BCUT2D eigenvalue weighted by atomic mass is 10.1. The van der Waals surface area contributed by atoms with E-state index in [1.807, 2.05) is 5.38 Å². The number of thiazole rings is 1. The first-order valence-corrected chi connectivity index (χ1v) is 6.55. The van der Waals surface area contributed by atoms with Crippen molar-refractivity contribution in [1.29, 1.82) is 0 Å². The number of nitrogens with one attached hydrogen (secondary N) is 1. The van der Waals surface area contributed by atoms with E-state index in [0.29, 0.717) is 5.13 Å². The van der Waals surface area contributed by atoms with Crippen LogP contribution in [0.15, 0.2) is 5.38 Å². The van der Waals surface area contributed by atoms with Crippen molar-refractivity contribution in [2.24, 2.45) is 5.92 Å². The number of nitrogens with two attached hydrogens (primary N) is 1. The number of hydrogen-bond donors (Lipinski definition) is 2. The maximum atomic E-state index is 5.58. The van der Waals surface area contributed by atoms with Crippen molar-refractivity contribution in [3.8, 4) is 0 Å². The lowest BCUT2D eigenvalue weighted by molar-refractivity contribution is 0.504. The summed E-state index contributed by atoms with van der Waals surface area (Å²) in [5, 5.41) is 6.32. The Kier molecular flexibility index (Phi) is 3.59. The number of hydrogen-bond acceptors (Lipinski definition) is 4. The van der Waals surface area contributed by atoms with E-state index >= 15 is 0 Å². The second-order valence-electron chi connectivity index (χ2n) is 4.50. The normalized spacial score (nSPS) is 25.9. The average molecular weight is 225 g/mol. The first-order chi connectivity index (χ1) is 7.24. The molecule has 0 bridgehead atoms. The molecule has 1 aliphatic rings. The van der Waals surface area contributed by atoms with Crippen LogP contribution in [0.3, 0.4) is 0 Å². The summed E-state index contributed by atoms with van der Waals surface area (Å²) >= 11 is 1.53. The molecule has 1 heterocycles. The van der Waals surface area contributed by atoms with Gasteiger partial charge in [-0.2, -0.15) is 0 Å². The molecular weight excluding hydrogens is 206 g/mol. The molecule has 1 aromatic heterocycles. The SMILES string of the molecule is CC1CCC(NCCc2csc(N)n2)C1. The van der Waals surface area contributed by atoms with E-state index in [2.05, 4.69) is 17.2 Å². The van der Waals surface area contributed by atoms with Crippen molar-refractivity contribution in [1.82, 2.24) is 10.3 Å². The van der Waals surface area contributed by atoms with Crippen LogP contribution >= 0.6 is 11.3 Å². The highest BCUT2D eigenvalue weighted by molar-refractivity contribution is 7.13. The molecule has 2 rings (SSSR count). The summed E-state index contributed by atoms with van der Waals surface area (Å²) in [5.41, 5.74) is 6.70. The van der Waals surface area contributed by atoms with E-state index in [9.17, 15) is 0 Å². The quantitative estimate of drug-likeness (QED) is 0.824. The van der Waals surface area contributed by atoms with Gasteiger partial charge >= 0.3 is 0 Å². The van der Waals surface area contributed by atoms with E-state index in [4.69, 9.17) is 5.73 Å². The minimum Gasteiger partial charge on any atom is -0.375 e. The molecule has 4 heteroatoms. The van der Waals surface area contributed by atoms with Gasteiger partial charge in [-0.25, -0.2) is 4.98 Å². The summed E-state index contributed by atoms with van der Waals surface area (Å²) in [6, 6.07) is 0.732.